The molecule has 0 saturated heterocycles. The van der Waals surface area contributed by atoms with Gasteiger partial charge in [-0.3, -0.25) is 4.79 Å². The maximum atomic E-state index is 12.1. The molecule has 0 radical (unpaired) electrons. The van der Waals surface area contributed by atoms with Crippen molar-refractivity contribution in [3.05, 3.63) is 29.3 Å². The van der Waals surface area contributed by atoms with Gasteiger partial charge >= 0.3 is 5.97 Å². The molecule has 1 aromatic carbocycles. The minimum absolute atomic E-state index is 0.0143. The minimum Gasteiger partial charge on any atom is -0.460 e. The van der Waals surface area contributed by atoms with E-state index in [0.717, 1.165) is 31.4 Å². The molecule has 2 rings (SSSR count). The van der Waals surface area contributed by atoms with Crippen LogP contribution in [0.4, 0.5) is 5.69 Å². The number of carbonyl (C=O) groups excluding carboxylic acids is 1. The van der Waals surface area contributed by atoms with E-state index >= 15 is 0 Å². The minimum atomic E-state index is -0.424. The first kappa shape index (κ1) is 19.3. The van der Waals surface area contributed by atoms with E-state index in [9.17, 15) is 4.79 Å². The van der Waals surface area contributed by atoms with Crippen LogP contribution in [0.5, 0.6) is 0 Å². The topological polar surface area (TPSA) is 76.7 Å². The molecule has 1 fully saturated rings. The number of nitrogens with zero attached hydrogens (tertiary/aromatic N) is 1. The number of nitrogens with one attached hydrogen (secondary N) is 1. The second-order valence-electron chi connectivity index (χ2n) is 7.98. The molecule has 0 aliphatic heterocycles. The maximum Gasteiger partial charge on any atom is 0.309 e. The molecule has 3 N–H and O–H groups in total. The number of rotatable bonds is 3. The van der Waals surface area contributed by atoms with Gasteiger partial charge in [0.15, 0.2) is 5.96 Å². The van der Waals surface area contributed by atoms with Gasteiger partial charge in [-0.1, -0.05) is 6.07 Å². The van der Waals surface area contributed by atoms with E-state index in [1.807, 2.05) is 26.8 Å². The number of anilines is 1. The van der Waals surface area contributed by atoms with Crippen LogP contribution in [-0.2, 0) is 9.53 Å². The number of ether oxygens (including phenoxy) is 1. The quantitative estimate of drug-likeness (QED) is 0.494. The largest absolute Gasteiger partial charge is 0.460 e. The molecule has 0 atom stereocenters. The highest BCUT2D eigenvalue weighted by Gasteiger charge is 2.29. The van der Waals surface area contributed by atoms with E-state index in [1.165, 1.54) is 11.1 Å². The molecule has 1 aliphatic rings. The van der Waals surface area contributed by atoms with Gasteiger partial charge in [-0.25, -0.2) is 4.99 Å². The summed E-state index contributed by atoms with van der Waals surface area (Å²) in [4.78, 5) is 16.7. The fourth-order valence-corrected chi connectivity index (χ4v) is 3.02. The van der Waals surface area contributed by atoms with E-state index in [1.54, 1.807) is 0 Å². The number of guanidine groups is 1. The summed E-state index contributed by atoms with van der Waals surface area (Å²) in [5, 5.41) is 3.16. The normalized spacial score (nSPS) is 21.7. The van der Waals surface area contributed by atoms with Crippen LogP contribution in [-0.4, -0.2) is 23.6 Å². The van der Waals surface area contributed by atoms with Crippen LogP contribution in [0.3, 0.4) is 0 Å². The van der Waals surface area contributed by atoms with Gasteiger partial charge in [0.2, 0.25) is 0 Å². The van der Waals surface area contributed by atoms with Crippen LogP contribution in [0.2, 0.25) is 0 Å². The summed E-state index contributed by atoms with van der Waals surface area (Å²) >= 11 is 0. The van der Waals surface area contributed by atoms with Crippen molar-refractivity contribution in [2.75, 3.05) is 5.32 Å². The lowest BCUT2D eigenvalue weighted by atomic mass is 9.86. The molecule has 0 bridgehead atoms. The SMILES string of the molecule is Cc1ccc(NC(N)=NC2CCC(C(=O)OC(C)(C)C)CC2)cc1C. The van der Waals surface area contributed by atoms with Crippen molar-refractivity contribution >= 4 is 17.6 Å². The summed E-state index contributed by atoms with van der Waals surface area (Å²) in [6.45, 7) is 9.87. The van der Waals surface area contributed by atoms with Crippen LogP contribution in [0, 0.1) is 19.8 Å². The smallest absolute Gasteiger partial charge is 0.309 e. The standard InChI is InChI=1S/C20H31N3O2/c1-13-6-9-17(12-14(13)2)23-19(21)22-16-10-7-15(8-11-16)18(24)25-20(3,4)5/h6,9,12,15-16H,7-8,10-11H2,1-5H3,(H3,21,22,23). The first-order valence-electron chi connectivity index (χ1n) is 9.04. The van der Waals surface area contributed by atoms with Crippen LogP contribution >= 0.6 is 0 Å². The Labute approximate surface area is 151 Å². The molecule has 0 heterocycles. The van der Waals surface area contributed by atoms with Gasteiger partial charge in [-0.05, 0) is 83.6 Å². The number of nitrogens with two attached hydrogens (primary N) is 1. The predicted molar refractivity (Wildman–Crippen MR) is 103 cm³/mol. The fraction of sp³-hybridized carbons (Fsp3) is 0.600. The molecule has 0 amide bonds. The van der Waals surface area contributed by atoms with Crippen LogP contribution in [0.25, 0.3) is 0 Å². The molecule has 5 nitrogen and oxygen atoms in total. The molecular formula is C20H31N3O2. The first-order valence-corrected chi connectivity index (χ1v) is 9.04. The Hall–Kier alpha value is -2.04. The number of esters is 1. The Kier molecular flexibility index (Phi) is 6.09. The molecule has 0 unspecified atom stereocenters. The first-order chi connectivity index (χ1) is 11.6. The summed E-state index contributed by atoms with van der Waals surface area (Å²) in [5.74, 6) is 0.333. The van der Waals surface area contributed by atoms with E-state index in [2.05, 4.69) is 36.3 Å². The zero-order chi connectivity index (χ0) is 18.6. The molecule has 1 aliphatic carbocycles. The molecule has 1 saturated carbocycles. The number of aryl methyl sites for hydroxylation is 2. The molecule has 0 aromatic heterocycles. The van der Waals surface area contributed by atoms with Crippen LogP contribution < -0.4 is 11.1 Å². The summed E-state index contributed by atoms with van der Waals surface area (Å²) in [6, 6.07) is 6.30. The second kappa shape index (κ2) is 7.89. The van der Waals surface area contributed by atoms with Crippen molar-refractivity contribution < 1.29 is 9.53 Å². The number of benzene rings is 1. The summed E-state index contributed by atoms with van der Waals surface area (Å²) < 4.78 is 5.48. The van der Waals surface area contributed by atoms with Gasteiger partial charge in [0.1, 0.15) is 5.60 Å². The lowest BCUT2D eigenvalue weighted by Gasteiger charge is -2.28. The van der Waals surface area contributed by atoms with Gasteiger partial charge in [-0.15, -0.1) is 0 Å². The fourth-order valence-electron chi connectivity index (χ4n) is 3.02. The van der Waals surface area contributed by atoms with E-state index in [-0.39, 0.29) is 17.9 Å². The van der Waals surface area contributed by atoms with Gasteiger partial charge in [0, 0.05) is 5.69 Å². The van der Waals surface area contributed by atoms with Crippen molar-refractivity contribution in [3.63, 3.8) is 0 Å². The van der Waals surface area contributed by atoms with Crippen molar-refractivity contribution in [2.45, 2.75) is 71.9 Å². The Balaban J connectivity index is 1.86. The predicted octanol–water partition coefficient (Wildman–Crippen LogP) is 3.93. The van der Waals surface area contributed by atoms with Gasteiger partial charge in [-0.2, -0.15) is 0 Å². The van der Waals surface area contributed by atoms with Gasteiger partial charge in [0.25, 0.3) is 0 Å². The third-order valence-electron chi connectivity index (χ3n) is 4.54. The van der Waals surface area contributed by atoms with Crippen molar-refractivity contribution in [1.82, 2.24) is 0 Å². The Morgan fingerprint density at radius 3 is 2.36 bits per heavy atom. The Morgan fingerprint density at radius 1 is 1.16 bits per heavy atom. The monoisotopic (exact) mass is 345 g/mol. The third kappa shape index (κ3) is 6.07. The lowest BCUT2D eigenvalue weighted by Crippen LogP contribution is -2.32. The molecular weight excluding hydrogens is 314 g/mol. The zero-order valence-corrected chi connectivity index (χ0v) is 16.1. The molecule has 5 heteroatoms. The Morgan fingerprint density at radius 2 is 1.80 bits per heavy atom. The molecule has 25 heavy (non-hydrogen) atoms. The highest BCUT2D eigenvalue weighted by Crippen LogP contribution is 2.28. The van der Waals surface area contributed by atoms with E-state index in [4.69, 9.17) is 10.5 Å². The Bertz CT molecular complexity index is 639. The summed E-state index contributed by atoms with van der Waals surface area (Å²) in [5.41, 5.74) is 9.05. The average molecular weight is 345 g/mol. The van der Waals surface area contributed by atoms with E-state index in [0.29, 0.717) is 5.96 Å². The maximum absolute atomic E-state index is 12.1. The highest BCUT2D eigenvalue weighted by atomic mass is 16.6. The molecule has 0 spiro atoms. The number of aliphatic imine (C=N–C) groups is 1. The molecule has 138 valence electrons. The van der Waals surface area contributed by atoms with Crippen LogP contribution in [0.15, 0.2) is 23.2 Å². The number of hydrogen-bond donors (Lipinski definition) is 2. The highest BCUT2D eigenvalue weighted by molar-refractivity contribution is 5.92. The molecule has 1 aromatic rings. The zero-order valence-electron chi connectivity index (χ0n) is 16.1. The number of hydrogen-bond acceptors (Lipinski definition) is 3. The van der Waals surface area contributed by atoms with Gasteiger partial charge in [0.05, 0.1) is 12.0 Å². The second-order valence-corrected chi connectivity index (χ2v) is 7.98. The average Bonchev–Trinajstić information content (AvgIpc) is 2.50. The van der Waals surface area contributed by atoms with Crippen LogP contribution in [0.1, 0.15) is 57.6 Å². The summed E-state index contributed by atoms with van der Waals surface area (Å²) in [7, 11) is 0. The number of carbonyl (C=O) groups is 1. The van der Waals surface area contributed by atoms with Gasteiger partial charge < -0.3 is 15.8 Å². The van der Waals surface area contributed by atoms with E-state index < -0.39 is 5.60 Å². The lowest BCUT2D eigenvalue weighted by molar-refractivity contribution is -0.161. The third-order valence-corrected chi connectivity index (χ3v) is 4.54. The van der Waals surface area contributed by atoms with Crippen molar-refractivity contribution in [1.29, 1.82) is 0 Å². The summed E-state index contributed by atoms with van der Waals surface area (Å²) in [6.07, 6.45) is 3.33. The van der Waals surface area contributed by atoms with Crippen molar-refractivity contribution in [3.8, 4) is 0 Å². The van der Waals surface area contributed by atoms with Crippen molar-refractivity contribution in [2.24, 2.45) is 16.6 Å².